The lowest BCUT2D eigenvalue weighted by molar-refractivity contribution is -0.258. The monoisotopic (exact) mass is 290 g/mol. The molecule has 0 heterocycles. The summed E-state index contributed by atoms with van der Waals surface area (Å²) >= 11 is 0. The molecule has 0 radical (unpaired) electrons. The molecule has 2 atom stereocenters. The van der Waals surface area contributed by atoms with Gasteiger partial charge < -0.3 is 19.7 Å². The van der Waals surface area contributed by atoms with Gasteiger partial charge in [0.15, 0.2) is 0 Å². The Kier molecular flexibility index (Phi) is 7.88. The maximum absolute atomic E-state index is 9.30. The average molecular weight is 290 g/mol. The normalized spacial score (nSPS) is 13.8. The third-order valence-corrected chi connectivity index (χ3v) is 2.22. The van der Waals surface area contributed by atoms with Gasteiger partial charge >= 0.3 is 0 Å². The van der Waals surface area contributed by atoms with E-state index in [2.05, 4.69) is 9.78 Å². The van der Waals surface area contributed by atoms with E-state index in [4.69, 9.17) is 20.0 Å². The van der Waals surface area contributed by atoms with Crippen LogP contribution in [-0.4, -0.2) is 59.4 Å². The number of aliphatic hydroxyl groups is 2. The summed E-state index contributed by atoms with van der Waals surface area (Å²) in [6.45, 7) is -0.594. The summed E-state index contributed by atoms with van der Waals surface area (Å²) in [6, 6.07) is 6.56. The second-order valence-corrected chi connectivity index (χ2v) is 4.00. The van der Waals surface area contributed by atoms with Gasteiger partial charge in [-0.05, 0) is 12.1 Å². The highest BCUT2D eigenvalue weighted by atomic mass is 17.1. The fourth-order valence-corrected chi connectivity index (χ4v) is 1.31. The minimum Gasteiger partial charge on any atom is -0.491 e. The lowest BCUT2D eigenvalue weighted by Crippen LogP contribution is -2.23. The predicted molar refractivity (Wildman–Crippen MR) is 66.6 cm³/mol. The van der Waals surface area contributed by atoms with Crippen LogP contribution in [0.2, 0.25) is 0 Å². The van der Waals surface area contributed by atoms with Gasteiger partial charge in [-0.25, -0.2) is 9.78 Å². The maximum atomic E-state index is 9.30. The standard InChI is InChI=1S/C12H18O8/c13-9(7-19-15)5-17-11-2-1-3-12(4-11)18-6-10(14)8-20-16/h1-4,9-10,13-16H,5-8H2. The van der Waals surface area contributed by atoms with Crippen LogP contribution in [0.3, 0.4) is 0 Å². The summed E-state index contributed by atoms with van der Waals surface area (Å²) in [7, 11) is 0. The Bertz CT molecular complexity index is 341. The largest absolute Gasteiger partial charge is 0.491 e. The lowest BCUT2D eigenvalue weighted by Gasteiger charge is -2.13. The molecule has 8 nitrogen and oxygen atoms in total. The highest BCUT2D eigenvalue weighted by molar-refractivity contribution is 5.32. The van der Waals surface area contributed by atoms with Crippen molar-refractivity contribution in [1.82, 2.24) is 0 Å². The van der Waals surface area contributed by atoms with E-state index in [1.807, 2.05) is 0 Å². The molecular weight excluding hydrogens is 272 g/mol. The van der Waals surface area contributed by atoms with E-state index >= 15 is 0 Å². The fourth-order valence-electron chi connectivity index (χ4n) is 1.31. The van der Waals surface area contributed by atoms with E-state index in [1.54, 1.807) is 24.3 Å². The van der Waals surface area contributed by atoms with Crippen LogP contribution in [0.25, 0.3) is 0 Å². The van der Waals surface area contributed by atoms with Crippen LogP contribution in [0.4, 0.5) is 0 Å². The lowest BCUT2D eigenvalue weighted by atomic mass is 10.3. The van der Waals surface area contributed by atoms with Crippen LogP contribution in [0.5, 0.6) is 11.5 Å². The number of benzene rings is 1. The first-order valence-corrected chi connectivity index (χ1v) is 5.90. The Morgan fingerprint density at radius 2 is 1.25 bits per heavy atom. The maximum Gasteiger partial charge on any atom is 0.123 e. The Morgan fingerprint density at radius 1 is 0.800 bits per heavy atom. The van der Waals surface area contributed by atoms with Gasteiger partial charge in [0.25, 0.3) is 0 Å². The smallest absolute Gasteiger partial charge is 0.123 e. The van der Waals surface area contributed by atoms with E-state index in [-0.39, 0.29) is 26.4 Å². The van der Waals surface area contributed by atoms with Gasteiger partial charge in [0.05, 0.1) is 0 Å². The zero-order valence-electron chi connectivity index (χ0n) is 10.7. The van der Waals surface area contributed by atoms with E-state index < -0.39 is 12.2 Å². The molecule has 0 saturated heterocycles. The summed E-state index contributed by atoms with van der Waals surface area (Å²) in [6.07, 6.45) is -1.90. The minimum atomic E-state index is -0.951. The summed E-state index contributed by atoms with van der Waals surface area (Å²) < 4.78 is 10.5. The zero-order valence-corrected chi connectivity index (χ0v) is 10.7. The van der Waals surface area contributed by atoms with E-state index in [9.17, 15) is 10.2 Å². The first-order chi connectivity index (χ1) is 9.65. The molecule has 20 heavy (non-hydrogen) atoms. The SMILES string of the molecule is OOCC(O)COc1cccc(OCC(O)COO)c1. The van der Waals surface area contributed by atoms with Crippen molar-refractivity contribution in [3.8, 4) is 11.5 Å². The summed E-state index contributed by atoms with van der Waals surface area (Å²) in [5.41, 5.74) is 0. The first-order valence-electron chi connectivity index (χ1n) is 5.90. The molecule has 0 saturated carbocycles. The average Bonchev–Trinajstić information content (AvgIpc) is 2.44. The van der Waals surface area contributed by atoms with E-state index in [0.29, 0.717) is 11.5 Å². The number of hydrogen-bond acceptors (Lipinski definition) is 8. The van der Waals surface area contributed by atoms with Crippen molar-refractivity contribution in [3.63, 3.8) is 0 Å². The van der Waals surface area contributed by atoms with Gasteiger partial charge in [-0.2, -0.15) is 0 Å². The molecule has 0 aromatic heterocycles. The first kappa shape index (κ1) is 16.6. The van der Waals surface area contributed by atoms with Crippen molar-refractivity contribution in [3.05, 3.63) is 24.3 Å². The molecule has 0 spiro atoms. The van der Waals surface area contributed by atoms with Crippen molar-refractivity contribution < 1.29 is 40.0 Å². The van der Waals surface area contributed by atoms with E-state index in [0.717, 1.165) is 0 Å². The molecule has 0 bridgehead atoms. The molecule has 1 rings (SSSR count). The van der Waals surface area contributed by atoms with Crippen LogP contribution in [0.15, 0.2) is 24.3 Å². The molecule has 4 N–H and O–H groups in total. The predicted octanol–water partition coefficient (Wildman–Crippen LogP) is 0.145. The molecular formula is C12H18O8. The van der Waals surface area contributed by atoms with Gasteiger partial charge in [0.1, 0.15) is 50.1 Å². The van der Waals surface area contributed by atoms with Gasteiger partial charge in [0, 0.05) is 6.07 Å². The Balaban J connectivity index is 2.41. The summed E-state index contributed by atoms with van der Waals surface area (Å²) in [5, 5.41) is 34.9. The molecule has 2 unspecified atom stereocenters. The molecule has 0 aliphatic rings. The van der Waals surface area contributed by atoms with Crippen molar-refractivity contribution >= 4 is 0 Å². The second-order valence-electron chi connectivity index (χ2n) is 4.00. The summed E-state index contributed by atoms with van der Waals surface area (Å²) in [5.74, 6) is 0.903. The van der Waals surface area contributed by atoms with Crippen LogP contribution in [0, 0.1) is 0 Å². The molecule has 8 heteroatoms. The zero-order chi connectivity index (χ0) is 14.8. The number of aliphatic hydroxyl groups excluding tert-OH is 2. The summed E-state index contributed by atoms with van der Waals surface area (Å²) in [4.78, 5) is 7.58. The molecule has 114 valence electrons. The third-order valence-electron chi connectivity index (χ3n) is 2.22. The van der Waals surface area contributed by atoms with Crippen molar-refractivity contribution in [2.75, 3.05) is 26.4 Å². The van der Waals surface area contributed by atoms with Crippen molar-refractivity contribution in [1.29, 1.82) is 0 Å². The van der Waals surface area contributed by atoms with Gasteiger partial charge in [-0.1, -0.05) is 6.07 Å². The Hall–Kier alpha value is -1.42. The topological polar surface area (TPSA) is 118 Å². The van der Waals surface area contributed by atoms with Crippen LogP contribution < -0.4 is 9.47 Å². The molecule has 1 aromatic rings. The van der Waals surface area contributed by atoms with Gasteiger partial charge in [-0.15, -0.1) is 0 Å². The van der Waals surface area contributed by atoms with Crippen LogP contribution in [-0.2, 0) is 9.78 Å². The fraction of sp³-hybridized carbons (Fsp3) is 0.500. The number of hydrogen-bond donors (Lipinski definition) is 4. The Morgan fingerprint density at radius 3 is 1.65 bits per heavy atom. The van der Waals surface area contributed by atoms with E-state index in [1.165, 1.54) is 0 Å². The third kappa shape index (κ3) is 6.66. The highest BCUT2D eigenvalue weighted by Crippen LogP contribution is 2.19. The second kappa shape index (κ2) is 9.48. The van der Waals surface area contributed by atoms with Crippen LogP contribution in [0.1, 0.15) is 0 Å². The van der Waals surface area contributed by atoms with Gasteiger partial charge in [0.2, 0.25) is 0 Å². The molecule has 1 aromatic carbocycles. The van der Waals surface area contributed by atoms with Crippen molar-refractivity contribution in [2.24, 2.45) is 0 Å². The minimum absolute atomic E-state index is 0.0506. The molecule has 0 aliphatic heterocycles. The quantitative estimate of drug-likeness (QED) is 0.355. The number of ether oxygens (including phenoxy) is 2. The van der Waals surface area contributed by atoms with Crippen LogP contribution >= 0.6 is 0 Å². The molecule has 0 fully saturated rings. The van der Waals surface area contributed by atoms with Crippen molar-refractivity contribution in [2.45, 2.75) is 12.2 Å². The number of rotatable bonds is 10. The highest BCUT2D eigenvalue weighted by Gasteiger charge is 2.08. The molecule has 0 aliphatic carbocycles. The van der Waals surface area contributed by atoms with Gasteiger partial charge in [-0.3, -0.25) is 10.5 Å². The Labute approximate surface area is 115 Å². The molecule has 0 amide bonds.